The first-order valence-corrected chi connectivity index (χ1v) is 14.5. The van der Waals surface area contributed by atoms with Crippen LogP contribution in [0.5, 0.6) is 0 Å². The van der Waals surface area contributed by atoms with Crippen LogP contribution in [0.2, 0.25) is 0 Å². The van der Waals surface area contributed by atoms with Crippen LogP contribution < -0.4 is 10.9 Å². The molecule has 232 valence electrons. The van der Waals surface area contributed by atoms with E-state index in [1.165, 1.54) is 40.5 Å². The molecule has 0 spiro atoms. The van der Waals surface area contributed by atoms with Crippen molar-refractivity contribution in [3.05, 3.63) is 76.1 Å². The third kappa shape index (κ3) is 9.57. The molecule has 0 aliphatic carbocycles. The molecule has 0 radical (unpaired) electrons. The fourth-order valence-corrected chi connectivity index (χ4v) is 4.67. The molecular formula is C32H41FN4O5S. The van der Waals surface area contributed by atoms with Crippen molar-refractivity contribution in [2.45, 2.75) is 79.4 Å². The summed E-state index contributed by atoms with van der Waals surface area (Å²) >= 11 is 3.92. The van der Waals surface area contributed by atoms with Crippen molar-refractivity contribution in [2.24, 2.45) is 5.41 Å². The van der Waals surface area contributed by atoms with E-state index in [1.54, 1.807) is 45.2 Å². The maximum atomic E-state index is 14.7. The van der Waals surface area contributed by atoms with Gasteiger partial charge in [0.2, 0.25) is 5.91 Å². The van der Waals surface area contributed by atoms with E-state index in [-0.39, 0.29) is 35.9 Å². The van der Waals surface area contributed by atoms with E-state index >= 15 is 0 Å². The molecule has 0 atom stereocenters. The molecule has 9 nitrogen and oxygen atoms in total. The van der Waals surface area contributed by atoms with E-state index < -0.39 is 23.1 Å². The number of allylic oxidation sites excluding steroid dienone is 1. The van der Waals surface area contributed by atoms with Gasteiger partial charge in [0, 0.05) is 25.1 Å². The van der Waals surface area contributed by atoms with Crippen molar-refractivity contribution in [3.63, 3.8) is 0 Å². The van der Waals surface area contributed by atoms with Gasteiger partial charge < -0.3 is 14.6 Å². The van der Waals surface area contributed by atoms with Gasteiger partial charge in [0.25, 0.3) is 11.5 Å². The van der Waals surface area contributed by atoms with Crippen molar-refractivity contribution >= 4 is 47.3 Å². The zero-order chi connectivity index (χ0) is 32.1. The topological polar surface area (TPSA) is 103 Å². The van der Waals surface area contributed by atoms with Gasteiger partial charge in [-0.05, 0) is 87.4 Å². The standard InChI is InChI=1S/C32H41FN4O5S/c1-31(2,3)19-22-17-23(33)16-21-18-24(37(28(21)22)30(41)42-32(4,5)6)20-36-15-11-12-25(29(36)40)34-26(38)13-9-8-10-14-27(39)35(7)43/h10-12,14-18,43H,8-9,13,19-20H2,1-7H3,(H,34,38)/b14-10+. The van der Waals surface area contributed by atoms with E-state index in [1.807, 2.05) is 20.8 Å². The Balaban J connectivity index is 1.92. The number of aromatic nitrogens is 2. The zero-order valence-corrected chi connectivity index (χ0v) is 26.8. The van der Waals surface area contributed by atoms with Gasteiger partial charge in [-0.25, -0.2) is 13.8 Å². The maximum absolute atomic E-state index is 14.7. The van der Waals surface area contributed by atoms with Crippen LogP contribution in [0.15, 0.2) is 53.5 Å². The van der Waals surface area contributed by atoms with Crippen LogP contribution in [0.1, 0.15) is 72.1 Å². The Morgan fingerprint density at radius 3 is 2.44 bits per heavy atom. The average molecular weight is 613 g/mol. The van der Waals surface area contributed by atoms with Crippen LogP contribution in [0.3, 0.4) is 0 Å². The number of hydrogen-bond acceptors (Lipinski definition) is 6. The first-order valence-electron chi connectivity index (χ1n) is 14.1. The second-order valence-electron chi connectivity index (χ2n) is 12.8. The molecule has 2 aromatic heterocycles. The normalized spacial score (nSPS) is 12.1. The van der Waals surface area contributed by atoms with Gasteiger partial charge in [0.15, 0.2) is 0 Å². The number of carbonyl (C=O) groups is 3. The summed E-state index contributed by atoms with van der Waals surface area (Å²) in [5, 5.41) is 3.18. The Kier molecular flexibility index (Phi) is 10.7. The van der Waals surface area contributed by atoms with Gasteiger partial charge in [-0.3, -0.25) is 18.7 Å². The van der Waals surface area contributed by atoms with Gasteiger partial charge in [-0.2, -0.15) is 0 Å². The first kappa shape index (κ1) is 33.6. The van der Waals surface area contributed by atoms with Crippen molar-refractivity contribution in [1.29, 1.82) is 0 Å². The number of nitrogens with zero attached hydrogens (tertiary/aromatic N) is 3. The van der Waals surface area contributed by atoms with E-state index in [2.05, 4.69) is 18.1 Å². The molecule has 0 saturated carbocycles. The molecule has 0 bridgehead atoms. The number of benzene rings is 1. The fraction of sp³-hybridized carbons (Fsp3) is 0.438. The Labute approximate surface area is 257 Å². The number of carbonyl (C=O) groups excluding carboxylic acids is 3. The van der Waals surface area contributed by atoms with Crippen LogP contribution in [0.25, 0.3) is 10.9 Å². The lowest BCUT2D eigenvalue weighted by Gasteiger charge is -2.23. The predicted octanol–water partition coefficient (Wildman–Crippen LogP) is 6.33. The summed E-state index contributed by atoms with van der Waals surface area (Å²) in [5.41, 5.74) is 0.285. The molecule has 0 unspecified atom stereocenters. The predicted molar refractivity (Wildman–Crippen MR) is 170 cm³/mol. The molecule has 0 aliphatic rings. The number of hydrogen-bond donors (Lipinski definition) is 2. The maximum Gasteiger partial charge on any atom is 0.419 e. The zero-order valence-electron chi connectivity index (χ0n) is 25.9. The van der Waals surface area contributed by atoms with Gasteiger partial charge in [0.1, 0.15) is 17.1 Å². The van der Waals surface area contributed by atoms with Gasteiger partial charge in [-0.15, -0.1) is 0 Å². The quantitative estimate of drug-likeness (QED) is 0.167. The molecule has 0 aliphatic heterocycles. The highest BCUT2D eigenvalue weighted by molar-refractivity contribution is 7.78. The van der Waals surface area contributed by atoms with Crippen molar-refractivity contribution < 1.29 is 23.5 Å². The van der Waals surface area contributed by atoms with Crippen LogP contribution >= 0.6 is 12.8 Å². The third-order valence-corrected chi connectivity index (χ3v) is 6.49. The third-order valence-electron chi connectivity index (χ3n) is 6.29. The number of likely N-dealkylation sites (N-methyl/N-ethyl adjacent to an activating group) is 1. The summed E-state index contributed by atoms with van der Waals surface area (Å²) in [6, 6.07) is 7.64. The molecule has 3 rings (SSSR count). The number of fused-ring (bicyclic) bond motifs is 1. The molecule has 2 amide bonds. The molecule has 1 aromatic carbocycles. The van der Waals surface area contributed by atoms with Gasteiger partial charge in [0.05, 0.1) is 17.8 Å². The van der Waals surface area contributed by atoms with E-state index in [0.29, 0.717) is 41.4 Å². The lowest BCUT2D eigenvalue weighted by atomic mass is 9.87. The monoisotopic (exact) mass is 612 g/mol. The minimum absolute atomic E-state index is 0.0224. The first-order chi connectivity index (χ1) is 19.9. The van der Waals surface area contributed by atoms with Gasteiger partial charge >= 0.3 is 6.09 Å². The number of anilines is 1. The summed E-state index contributed by atoms with van der Waals surface area (Å²) in [7, 11) is 1.52. The number of amides is 2. The Hall–Kier alpha value is -3.86. The molecule has 3 aromatic rings. The number of ether oxygens (including phenoxy) is 1. The SMILES string of the molecule is CN(S)C(=O)/C=C/CCCC(=O)Nc1cccn(Cc2cc3cc(F)cc(CC(C)(C)C)c3n2C(=O)OC(C)(C)C)c1=O. The molecular weight excluding hydrogens is 571 g/mol. The highest BCUT2D eigenvalue weighted by Gasteiger charge is 2.26. The minimum atomic E-state index is -0.787. The van der Waals surface area contributed by atoms with Crippen LogP contribution in [-0.4, -0.2) is 44.0 Å². The molecule has 43 heavy (non-hydrogen) atoms. The molecule has 1 N–H and O–H groups in total. The van der Waals surface area contributed by atoms with E-state index in [4.69, 9.17) is 4.74 Å². The van der Waals surface area contributed by atoms with Gasteiger partial charge in [-0.1, -0.05) is 39.7 Å². The lowest BCUT2D eigenvalue weighted by molar-refractivity contribution is -0.120. The Morgan fingerprint density at radius 2 is 1.81 bits per heavy atom. The van der Waals surface area contributed by atoms with Crippen LogP contribution in [0, 0.1) is 11.2 Å². The van der Waals surface area contributed by atoms with Crippen molar-refractivity contribution in [1.82, 2.24) is 13.4 Å². The number of thiol groups is 1. The second-order valence-corrected chi connectivity index (χ2v) is 13.4. The van der Waals surface area contributed by atoms with Crippen molar-refractivity contribution in [2.75, 3.05) is 12.4 Å². The number of unbranched alkanes of at least 4 members (excludes halogenated alkanes) is 1. The number of pyridine rings is 1. The number of rotatable bonds is 9. The average Bonchev–Trinajstić information content (AvgIpc) is 3.22. The van der Waals surface area contributed by atoms with E-state index in [9.17, 15) is 23.6 Å². The molecule has 0 saturated heterocycles. The number of nitrogens with one attached hydrogen (secondary N) is 1. The largest absolute Gasteiger partial charge is 0.443 e. The van der Waals surface area contributed by atoms with E-state index in [0.717, 1.165) is 4.31 Å². The highest BCUT2D eigenvalue weighted by Crippen LogP contribution is 2.31. The highest BCUT2D eigenvalue weighted by atomic mass is 32.1. The van der Waals surface area contributed by atoms with Crippen LogP contribution in [-0.2, 0) is 27.3 Å². The van der Waals surface area contributed by atoms with Crippen molar-refractivity contribution in [3.8, 4) is 0 Å². The summed E-state index contributed by atoms with van der Waals surface area (Å²) < 4.78 is 24.4. The lowest BCUT2D eigenvalue weighted by Crippen LogP contribution is -2.30. The second kappa shape index (κ2) is 13.6. The summed E-state index contributed by atoms with van der Waals surface area (Å²) in [6.07, 6.45) is 5.63. The molecule has 0 fully saturated rings. The summed E-state index contributed by atoms with van der Waals surface area (Å²) in [4.78, 5) is 51.0. The fourth-order valence-electron chi connectivity index (χ4n) is 4.60. The Morgan fingerprint density at radius 1 is 1.12 bits per heavy atom. The summed E-state index contributed by atoms with van der Waals surface area (Å²) in [6.45, 7) is 11.4. The number of halogens is 1. The molecule has 11 heteroatoms. The molecule has 2 heterocycles. The summed E-state index contributed by atoms with van der Waals surface area (Å²) in [5.74, 6) is -1.03. The minimum Gasteiger partial charge on any atom is -0.443 e. The smallest absolute Gasteiger partial charge is 0.419 e. The van der Waals surface area contributed by atoms with Crippen LogP contribution in [0.4, 0.5) is 14.9 Å². The Bertz CT molecular complexity index is 1590.